The highest BCUT2D eigenvalue weighted by atomic mass is 32.2. The van der Waals surface area contributed by atoms with E-state index in [-0.39, 0.29) is 5.56 Å². The number of carboxylic acid groups (broad SMARTS) is 1. The van der Waals surface area contributed by atoms with Gasteiger partial charge in [-0.2, -0.15) is 0 Å². The maximum Gasteiger partial charge on any atom is 0.337 e. The molecule has 2 rings (SSSR count). The molecule has 0 spiro atoms. The lowest BCUT2D eigenvalue weighted by atomic mass is 10.3. The number of thiophene rings is 1. The normalized spacial score (nSPS) is 10.2. The lowest BCUT2D eigenvalue weighted by Gasteiger charge is -1.99. The fourth-order valence-electron chi connectivity index (χ4n) is 1.13. The number of hydrogen-bond acceptors (Lipinski definition) is 4. The van der Waals surface area contributed by atoms with Gasteiger partial charge in [0.15, 0.2) is 0 Å². The van der Waals surface area contributed by atoms with Gasteiger partial charge in [-0.05, 0) is 23.6 Å². The van der Waals surface area contributed by atoms with E-state index in [1.807, 2.05) is 11.4 Å². The molecule has 0 bridgehead atoms. The van der Waals surface area contributed by atoms with Gasteiger partial charge < -0.3 is 5.11 Å². The van der Waals surface area contributed by atoms with E-state index in [2.05, 4.69) is 11.1 Å². The topological polar surface area (TPSA) is 50.2 Å². The minimum atomic E-state index is -0.942. The van der Waals surface area contributed by atoms with Crippen LogP contribution >= 0.6 is 23.1 Å². The van der Waals surface area contributed by atoms with E-state index >= 15 is 0 Å². The third kappa shape index (κ3) is 2.84. The van der Waals surface area contributed by atoms with Crippen molar-refractivity contribution in [3.05, 3.63) is 46.3 Å². The molecule has 2 aromatic heterocycles. The quantitative estimate of drug-likeness (QED) is 0.848. The Kier molecular flexibility index (Phi) is 3.58. The van der Waals surface area contributed by atoms with E-state index in [1.165, 1.54) is 11.1 Å². The monoisotopic (exact) mass is 251 g/mol. The zero-order valence-corrected chi connectivity index (χ0v) is 9.92. The van der Waals surface area contributed by atoms with E-state index in [0.717, 1.165) is 10.8 Å². The zero-order chi connectivity index (χ0) is 11.4. The highest BCUT2D eigenvalue weighted by Gasteiger charge is 2.03. The molecule has 16 heavy (non-hydrogen) atoms. The van der Waals surface area contributed by atoms with Gasteiger partial charge >= 0.3 is 5.97 Å². The van der Waals surface area contributed by atoms with Gasteiger partial charge in [-0.15, -0.1) is 23.1 Å². The number of nitrogens with zero attached hydrogens (tertiary/aromatic N) is 1. The Bertz CT molecular complexity index is 465. The third-order valence-electron chi connectivity index (χ3n) is 1.93. The maximum atomic E-state index is 10.6. The fraction of sp³-hybridized carbons (Fsp3) is 0.0909. The highest BCUT2D eigenvalue weighted by molar-refractivity contribution is 7.98. The van der Waals surface area contributed by atoms with Crippen molar-refractivity contribution in [2.75, 3.05) is 0 Å². The van der Waals surface area contributed by atoms with Gasteiger partial charge in [0.1, 0.15) is 0 Å². The molecule has 0 amide bonds. The average Bonchev–Trinajstić information content (AvgIpc) is 2.80. The van der Waals surface area contributed by atoms with Crippen LogP contribution in [0.25, 0.3) is 0 Å². The molecule has 2 aromatic rings. The first-order valence-electron chi connectivity index (χ1n) is 4.60. The minimum absolute atomic E-state index is 0.223. The van der Waals surface area contributed by atoms with E-state index in [9.17, 15) is 4.79 Å². The number of carbonyl (C=O) groups is 1. The van der Waals surface area contributed by atoms with Gasteiger partial charge in [0.25, 0.3) is 0 Å². The molecule has 0 saturated carbocycles. The molecular weight excluding hydrogens is 242 g/mol. The lowest BCUT2D eigenvalue weighted by molar-refractivity contribution is 0.0696. The Labute approximate surface area is 101 Å². The van der Waals surface area contributed by atoms with Crippen molar-refractivity contribution in [2.45, 2.75) is 10.8 Å². The van der Waals surface area contributed by atoms with E-state index < -0.39 is 5.97 Å². The molecule has 0 fully saturated rings. The number of hydrogen-bond donors (Lipinski definition) is 1. The van der Waals surface area contributed by atoms with Crippen molar-refractivity contribution in [3.8, 4) is 0 Å². The SMILES string of the molecule is O=C(O)c1ccc(SCc2cccs2)nc1. The maximum absolute atomic E-state index is 10.6. The highest BCUT2D eigenvalue weighted by Crippen LogP contribution is 2.23. The van der Waals surface area contributed by atoms with Crippen LogP contribution in [0.4, 0.5) is 0 Å². The first kappa shape index (κ1) is 11.2. The predicted octanol–water partition coefficient (Wildman–Crippen LogP) is 3.13. The summed E-state index contributed by atoms with van der Waals surface area (Å²) in [5.74, 6) is -0.0702. The van der Waals surface area contributed by atoms with Crippen LogP contribution in [0.5, 0.6) is 0 Å². The molecule has 3 nitrogen and oxygen atoms in total. The molecule has 0 saturated heterocycles. The van der Waals surface area contributed by atoms with Crippen molar-refractivity contribution in [1.82, 2.24) is 4.98 Å². The summed E-state index contributed by atoms with van der Waals surface area (Å²) >= 11 is 3.31. The van der Waals surface area contributed by atoms with Crippen LogP contribution in [0.2, 0.25) is 0 Å². The second-order valence-electron chi connectivity index (χ2n) is 3.06. The molecule has 0 aliphatic heterocycles. The van der Waals surface area contributed by atoms with Gasteiger partial charge in [0.05, 0.1) is 10.6 Å². The van der Waals surface area contributed by atoms with Crippen LogP contribution in [0.3, 0.4) is 0 Å². The number of carboxylic acids is 1. The van der Waals surface area contributed by atoms with Crippen LogP contribution in [0, 0.1) is 0 Å². The van der Waals surface area contributed by atoms with Gasteiger partial charge in [0, 0.05) is 16.8 Å². The van der Waals surface area contributed by atoms with Gasteiger partial charge in [-0.3, -0.25) is 0 Å². The van der Waals surface area contributed by atoms with Crippen LogP contribution < -0.4 is 0 Å². The summed E-state index contributed by atoms with van der Waals surface area (Å²) in [7, 11) is 0. The average molecular weight is 251 g/mol. The molecule has 82 valence electrons. The summed E-state index contributed by atoms with van der Waals surface area (Å²) in [6.07, 6.45) is 1.39. The second kappa shape index (κ2) is 5.14. The summed E-state index contributed by atoms with van der Waals surface area (Å²) in [4.78, 5) is 16.0. The first-order valence-corrected chi connectivity index (χ1v) is 6.47. The number of rotatable bonds is 4. The van der Waals surface area contributed by atoms with Gasteiger partial charge in [-0.1, -0.05) is 6.07 Å². The van der Waals surface area contributed by atoms with Crippen LogP contribution in [-0.2, 0) is 5.75 Å². The molecule has 0 radical (unpaired) electrons. The van der Waals surface area contributed by atoms with E-state index in [0.29, 0.717) is 0 Å². The molecule has 5 heteroatoms. The van der Waals surface area contributed by atoms with Crippen molar-refractivity contribution in [1.29, 1.82) is 0 Å². The van der Waals surface area contributed by atoms with Crippen LogP contribution in [0.1, 0.15) is 15.2 Å². The Morgan fingerprint density at radius 3 is 2.88 bits per heavy atom. The van der Waals surface area contributed by atoms with Crippen molar-refractivity contribution in [3.63, 3.8) is 0 Å². The number of thioether (sulfide) groups is 1. The molecule has 0 aliphatic carbocycles. The van der Waals surface area contributed by atoms with E-state index in [4.69, 9.17) is 5.11 Å². The molecule has 0 aromatic carbocycles. The minimum Gasteiger partial charge on any atom is -0.478 e. The second-order valence-corrected chi connectivity index (χ2v) is 5.09. The fourth-order valence-corrected chi connectivity index (χ4v) is 2.75. The van der Waals surface area contributed by atoms with Crippen LogP contribution in [-0.4, -0.2) is 16.1 Å². The molecule has 2 heterocycles. The number of aromatic nitrogens is 1. The molecule has 0 unspecified atom stereocenters. The predicted molar refractivity (Wildman–Crippen MR) is 65.1 cm³/mol. The van der Waals surface area contributed by atoms with Gasteiger partial charge in [-0.25, -0.2) is 9.78 Å². The van der Waals surface area contributed by atoms with Gasteiger partial charge in [0.2, 0.25) is 0 Å². The molecular formula is C11H9NO2S2. The smallest absolute Gasteiger partial charge is 0.337 e. The number of pyridine rings is 1. The van der Waals surface area contributed by atoms with Crippen molar-refractivity contribution >= 4 is 29.1 Å². The summed E-state index contributed by atoms with van der Waals surface area (Å²) in [5, 5.41) is 11.6. The molecule has 1 N–H and O–H groups in total. The largest absolute Gasteiger partial charge is 0.478 e. The first-order chi connectivity index (χ1) is 7.75. The third-order valence-corrected chi connectivity index (χ3v) is 3.98. The summed E-state index contributed by atoms with van der Waals surface area (Å²) in [5.41, 5.74) is 0.223. The standard InChI is InChI=1S/C11H9NO2S2/c13-11(14)8-3-4-10(12-6-8)16-7-9-2-1-5-15-9/h1-6H,7H2,(H,13,14). The Morgan fingerprint density at radius 2 is 2.31 bits per heavy atom. The molecule has 0 aliphatic rings. The summed E-state index contributed by atoms with van der Waals surface area (Å²) in [6, 6.07) is 7.40. The van der Waals surface area contributed by atoms with Crippen LogP contribution in [0.15, 0.2) is 40.9 Å². The lowest BCUT2D eigenvalue weighted by Crippen LogP contribution is -1.96. The Balaban J connectivity index is 1.98. The van der Waals surface area contributed by atoms with Crippen molar-refractivity contribution < 1.29 is 9.90 Å². The van der Waals surface area contributed by atoms with E-state index in [1.54, 1.807) is 35.2 Å². The summed E-state index contributed by atoms with van der Waals surface area (Å²) in [6.45, 7) is 0. The summed E-state index contributed by atoms with van der Waals surface area (Å²) < 4.78 is 0. The Morgan fingerprint density at radius 1 is 1.44 bits per heavy atom. The Hall–Kier alpha value is -1.33. The van der Waals surface area contributed by atoms with Crippen molar-refractivity contribution in [2.24, 2.45) is 0 Å². The number of aromatic carboxylic acids is 1. The molecule has 0 atom stereocenters. The zero-order valence-electron chi connectivity index (χ0n) is 8.29.